The van der Waals surface area contributed by atoms with E-state index in [1.807, 2.05) is 31.2 Å². The van der Waals surface area contributed by atoms with Gasteiger partial charge in [-0.3, -0.25) is 0 Å². The van der Waals surface area contributed by atoms with E-state index in [4.69, 9.17) is 5.73 Å². The van der Waals surface area contributed by atoms with Crippen molar-refractivity contribution in [2.45, 2.75) is 50.9 Å². The fraction of sp³-hybridized carbons (Fsp3) is 0.750. The molecule has 0 amide bonds. The molecule has 16 heavy (non-hydrogen) atoms. The second-order valence-corrected chi connectivity index (χ2v) is 5.60. The van der Waals surface area contributed by atoms with E-state index in [0.717, 1.165) is 12.2 Å². The Morgan fingerprint density at radius 1 is 1.50 bits per heavy atom. The lowest BCUT2D eigenvalue weighted by Crippen LogP contribution is -2.30. The minimum absolute atomic E-state index is 0.0516. The molecule has 3 nitrogen and oxygen atoms in total. The fourth-order valence-electron chi connectivity index (χ4n) is 1.98. The summed E-state index contributed by atoms with van der Waals surface area (Å²) in [4.78, 5) is 4.20. The van der Waals surface area contributed by atoms with E-state index in [9.17, 15) is 0 Å². The third-order valence-electron chi connectivity index (χ3n) is 3.39. The van der Waals surface area contributed by atoms with Gasteiger partial charge in [0, 0.05) is 23.5 Å². The first-order chi connectivity index (χ1) is 7.58. The van der Waals surface area contributed by atoms with Gasteiger partial charge >= 0.3 is 0 Å². The number of hydrogen-bond acceptors (Lipinski definition) is 3. The summed E-state index contributed by atoms with van der Waals surface area (Å²) in [6.07, 6.45) is 8.30. The Bertz CT molecular complexity index is 308. The molecule has 1 aromatic rings. The Hall–Kier alpha value is -0.480. The Morgan fingerprint density at radius 3 is 2.56 bits per heavy atom. The van der Waals surface area contributed by atoms with E-state index in [2.05, 4.69) is 29.7 Å². The monoisotopic (exact) mass is 241 g/mol. The highest BCUT2D eigenvalue weighted by molar-refractivity contribution is 8.00. The highest BCUT2D eigenvalue weighted by Crippen LogP contribution is 2.32. The summed E-state index contributed by atoms with van der Waals surface area (Å²) in [5.41, 5.74) is 7.06. The summed E-state index contributed by atoms with van der Waals surface area (Å²) in [5, 5.41) is 0. The third kappa shape index (κ3) is 2.80. The van der Waals surface area contributed by atoms with E-state index in [-0.39, 0.29) is 6.04 Å². The molecule has 0 aliphatic heterocycles. The molecule has 1 rings (SSSR count). The summed E-state index contributed by atoms with van der Waals surface area (Å²) in [6, 6.07) is 0.0516. The summed E-state index contributed by atoms with van der Waals surface area (Å²) >= 11 is 1.95. The molecule has 0 aliphatic carbocycles. The van der Waals surface area contributed by atoms with Crippen LogP contribution in [0.2, 0.25) is 0 Å². The zero-order chi connectivity index (χ0) is 12.2. The van der Waals surface area contributed by atoms with Crippen LogP contribution in [-0.2, 0) is 6.54 Å². The predicted octanol–water partition coefficient (Wildman–Crippen LogP) is 2.82. The second kappa shape index (κ2) is 5.73. The van der Waals surface area contributed by atoms with Gasteiger partial charge in [0.05, 0.1) is 12.0 Å². The molecule has 0 saturated carbocycles. The van der Waals surface area contributed by atoms with Gasteiger partial charge in [0.2, 0.25) is 0 Å². The van der Waals surface area contributed by atoms with E-state index in [0.29, 0.717) is 4.75 Å². The Labute approximate surface area is 103 Å². The highest BCUT2D eigenvalue weighted by atomic mass is 32.2. The van der Waals surface area contributed by atoms with Gasteiger partial charge in [-0.1, -0.05) is 13.8 Å². The van der Waals surface area contributed by atoms with Crippen LogP contribution in [0.15, 0.2) is 12.5 Å². The molecule has 0 unspecified atom stereocenters. The van der Waals surface area contributed by atoms with Crippen LogP contribution >= 0.6 is 11.8 Å². The number of rotatable bonds is 6. The van der Waals surface area contributed by atoms with Crippen molar-refractivity contribution in [2.24, 2.45) is 5.73 Å². The van der Waals surface area contributed by atoms with E-state index >= 15 is 0 Å². The molecule has 0 fully saturated rings. The maximum Gasteiger partial charge on any atom is 0.0949 e. The van der Waals surface area contributed by atoms with Crippen molar-refractivity contribution in [3.05, 3.63) is 18.2 Å². The summed E-state index contributed by atoms with van der Waals surface area (Å²) in [5.74, 6) is 0. The lowest BCUT2D eigenvalue weighted by Gasteiger charge is -2.31. The molecule has 0 bridgehead atoms. The van der Waals surface area contributed by atoms with Crippen LogP contribution in [0.4, 0.5) is 0 Å². The van der Waals surface area contributed by atoms with Gasteiger partial charge in [-0.25, -0.2) is 4.98 Å². The summed E-state index contributed by atoms with van der Waals surface area (Å²) in [6.45, 7) is 7.51. The van der Waals surface area contributed by atoms with Gasteiger partial charge in [0.15, 0.2) is 0 Å². The van der Waals surface area contributed by atoms with Crippen molar-refractivity contribution in [1.82, 2.24) is 9.55 Å². The van der Waals surface area contributed by atoms with E-state index < -0.39 is 0 Å². The third-order valence-corrected chi connectivity index (χ3v) is 4.96. The molecule has 4 heteroatoms. The largest absolute Gasteiger partial charge is 0.332 e. The Balaban J connectivity index is 2.89. The van der Waals surface area contributed by atoms with Crippen molar-refractivity contribution >= 4 is 11.8 Å². The van der Waals surface area contributed by atoms with Crippen LogP contribution < -0.4 is 5.73 Å². The van der Waals surface area contributed by atoms with Crippen molar-refractivity contribution < 1.29 is 0 Å². The quantitative estimate of drug-likeness (QED) is 0.833. The molecule has 0 aromatic carbocycles. The van der Waals surface area contributed by atoms with Crippen LogP contribution in [-0.4, -0.2) is 20.6 Å². The molecule has 0 aliphatic rings. The first kappa shape index (κ1) is 13.6. The van der Waals surface area contributed by atoms with Gasteiger partial charge in [-0.05, 0) is 26.0 Å². The first-order valence-corrected chi connectivity index (χ1v) is 7.11. The lowest BCUT2D eigenvalue weighted by atomic mass is 10.0. The van der Waals surface area contributed by atoms with Gasteiger partial charge < -0.3 is 10.3 Å². The van der Waals surface area contributed by atoms with Crippen molar-refractivity contribution in [1.29, 1.82) is 0 Å². The average Bonchev–Trinajstić information content (AvgIpc) is 2.74. The average molecular weight is 241 g/mol. The fourth-order valence-corrected chi connectivity index (χ4v) is 2.83. The first-order valence-electron chi connectivity index (χ1n) is 5.89. The standard InChI is InChI=1S/C12H23N3S/c1-5-12(6-2,16-4)8-15-9-14-7-11(15)10(3)13/h7,9-10H,5-6,8,13H2,1-4H3/t10-/m1/s1. The van der Waals surface area contributed by atoms with Crippen LogP contribution in [0.1, 0.15) is 45.3 Å². The van der Waals surface area contributed by atoms with Gasteiger partial charge in [-0.15, -0.1) is 0 Å². The maximum atomic E-state index is 5.93. The van der Waals surface area contributed by atoms with Crippen molar-refractivity contribution in [3.8, 4) is 0 Å². The molecular formula is C12H23N3S. The minimum atomic E-state index is 0.0516. The number of nitrogens with zero attached hydrogens (tertiary/aromatic N) is 2. The SMILES string of the molecule is CCC(CC)(Cn1cncc1[C@@H](C)N)SC. The molecule has 2 N–H and O–H groups in total. The normalized spacial score (nSPS) is 14.1. The van der Waals surface area contributed by atoms with Gasteiger partial charge in [0.25, 0.3) is 0 Å². The molecule has 1 aromatic heterocycles. The highest BCUT2D eigenvalue weighted by Gasteiger charge is 2.26. The smallest absolute Gasteiger partial charge is 0.0949 e. The van der Waals surface area contributed by atoms with Crippen molar-refractivity contribution in [3.63, 3.8) is 0 Å². The zero-order valence-corrected chi connectivity index (χ0v) is 11.5. The van der Waals surface area contributed by atoms with Crippen LogP contribution in [0.3, 0.4) is 0 Å². The van der Waals surface area contributed by atoms with E-state index in [1.54, 1.807) is 0 Å². The number of nitrogens with two attached hydrogens (primary N) is 1. The topological polar surface area (TPSA) is 43.8 Å². The van der Waals surface area contributed by atoms with Crippen LogP contribution in [0, 0.1) is 0 Å². The number of imidazole rings is 1. The lowest BCUT2D eigenvalue weighted by molar-refractivity contribution is 0.452. The number of hydrogen-bond donors (Lipinski definition) is 1. The van der Waals surface area contributed by atoms with Gasteiger partial charge in [-0.2, -0.15) is 11.8 Å². The minimum Gasteiger partial charge on any atom is -0.332 e. The Morgan fingerprint density at radius 2 is 2.12 bits per heavy atom. The maximum absolute atomic E-state index is 5.93. The summed E-state index contributed by atoms with van der Waals surface area (Å²) < 4.78 is 2.51. The number of aromatic nitrogens is 2. The molecule has 1 atom stereocenters. The second-order valence-electron chi connectivity index (χ2n) is 4.33. The van der Waals surface area contributed by atoms with Crippen LogP contribution in [0.25, 0.3) is 0 Å². The predicted molar refractivity (Wildman–Crippen MR) is 71.7 cm³/mol. The number of thioether (sulfide) groups is 1. The molecule has 1 heterocycles. The molecule has 0 spiro atoms. The summed E-state index contributed by atoms with van der Waals surface area (Å²) in [7, 11) is 0. The van der Waals surface area contributed by atoms with Crippen molar-refractivity contribution in [2.75, 3.05) is 6.26 Å². The molecule has 0 radical (unpaired) electrons. The molecule has 92 valence electrons. The zero-order valence-electron chi connectivity index (χ0n) is 10.7. The molecular weight excluding hydrogens is 218 g/mol. The van der Waals surface area contributed by atoms with E-state index in [1.165, 1.54) is 12.8 Å². The molecule has 0 saturated heterocycles. The van der Waals surface area contributed by atoms with Gasteiger partial charge in [0.1, 0.15) is 0 Å². The van der Waals surface area contributed by atoms with Crippen LogP contribution in [0.5, 0.6) is 0 Å². The Kier molecular flexibility index (Phi) is 4.87.